The van der Waals surface area contributed by atoms with Crippen molar-refractivity contribution in [2.45, 2.75) is 45.1 Å². The maximum Gasteiger partial charge on any atom is 0.193 e. The Morgan fingerprint density at radius 2 is 2.11 bits per heavy atom. The van der Waals surface area contributed by atoms with Crippen molar-refractivity contribution in [3.8, 4) is 0 Å². The largest absolute Gasteiger partial charge is 0.469 e. The number of guanidine groups is 1. The van der Waals surface area contributed by atoms with Crippen LogP contribution in [0.3, 0.4) is 0 Å². The predicted molar refractivity (Wildman–Crippen MR) is 111 cm³/mol. The molecule has 0 aromatic carbocycles. The summed E-state index contributed by atoms with van der Waals surface area (Å²) in [5.41, 5.74) is 0. The van der Waals surface area contributed by atoms with E-state index in [-0.39, 0.29) is 0 Å². The molecule has 0 amide bonds. The van der Waals surface area contributed by atoms with Crippen LogP contribution in [-0.2, 0) is 20.6 Å². The van der Waals surface area contributed by atoms with E-state index >= 15 is 0 Å². The maximum absolute atomic E-state index is 5.97. The van der Waals surface area contributed by atoms with Crippen LogP contribution in [0.2, 0.25) is 0 Å². The summed E-state index contributed by atoms with van der Waals surface area (Å²) in [6.07, 6.45) is 6.87. The highest BCUT2D eigenvalue weighted by atomic mass is 16.5. The van der Waals surface area contributed by atoms with Gasteiger partial charge in [-0.2, -0.15) is 0 Å². The number of methoxy groups -OCH3 is 1. The molecule has 7 nitrogen and oxygen atoms in total. The van der Waals surface area contributed by atoms with E-state index in [1.807, 2.05) is 19.1 Å². The van der Waals surface area contributed by atoms with Crippen molar-refractivity contribution in [2.24, 2.45) is 4.99 Å². The van der Waals surface area contributed by atoms with E-state index < -0.39 is 0 Å². The summed E-state index contributed by atoms with van der Waals surface area (Å²) in [5.74, 6) is 1.98. The molecule has 1 fully saturated rings. The van der Waals surface area contributed by atoms with Gasteiger partial charge in [-0.1, -0.05) is 0 Å². The van der Waals surface area contributed by atoms with Gasteiger partial charge in [0.15, 0.2) is 5.96 Å². The van der Waals surface area contributed by atoms with Crippen molar-refractivity contribution >= 4 is 5.96 Å². The molecule has 160 valence electrons. The van der Waals surface area contributed by atoms with Crippen LogP contribution in [0.15, 0.2) is 27.8 Å². The molecule has 7 heteroatoms. The molecule has 2 rings (SSSR count). The first kappa shape index (κ1) is 22.7. The molecule has 0 saturated carbocycles. The van der Waals surface area contributed by atoms with E-state index in [2.05, 4.69) is 10.2 Å². The Kier molecular flexibility index (Phi) is 11.7. The summed E-state index contributed by atoms with van der Waals surface area (Å²) >= 11 is 0. The Morgan fingerprint density at radius 3 is 2.82 bits per heavy atom. The van der Waals surface area contributed by atoms with Crippen molar-refractivity contribution in [1.82, 2.24) is 10.2 Å². The fourth-order valence-electron chi connectivity index (χ4n) is 3.20. The van der Waals surface area contributed by atoms with E-state index in [1.165, 1.54) is 0 Å². The summed E-state index contributed by atoms with van der Waals surface area (Å²) in [7, 11) is 1.73. The van der Waals surface area contributed by atoms with Crippen molar-refractivity contribution in [1.29, 1.82) is 0 Å². The quantitative estimate of drug-likeness (QED) is 0.315. The van der Waals surface area contributed by atoms with Crippen LogP contribution in [-0.4, -0.2) is 76.7 Å². The molecule has 0 bridgehead atoms. The average molecular weight is 396 g/mol. The van der Waals surface area contributed by atoms with Gasteiger partial charge in [-0.3, -0.25) is 4.99 Å². The van der Waals surface area contributed by atoms with Crippen LogP contribution in [0.5, 0.6) is 0 Å². The molecule has 2 heterocycles. The van der Waals surface area contributed by atoms with Crippen LogP contribution in [0, 0.1) is 0 Å². The number of rotatable bonds is 13. The Bertz CT molecular complexity index is 514. The summed E-state index contributed by atoms with van der Waals surface area (Å²) in [4.78, 5) is 7.16. The molecule has 1 aliphatic rings. The average Bonchev–Trinajstić information content (AvgIpc) is 3.24. The van der Waals surface area contributed by atoms with Crippen LogP contribution >= 0.6 is 0 Å². The number of likely N-dealkylation sites (tertiary alicyclic amines) is 1. The zero-order valence-electron chi connectivity index (χ0n) is 17.5. The number of aliphatic imine (C=N–C) groups is 1. The number of nitrogens with zero attached hydrogens (tertiary/aromatic N) is 2. The normalized spacial score (nSPS) is 15.9. The lowest BCUT2D eigenvalue weighted by molar-refractivity contribution is 0.00989. The molecule has 1 N–H and O–H groups in total. The summed E-state index contributed by atoms with van der Waals surface area (Å²) < 4.78 is 21.9. The Hall–Kier alpha value is -1.57. The van der Waals surface area contributed by atoms with Crippen molar-refractivity contribution < 1.29 is 18.6 Å². The number of nitrogens with one attached hydrogen (secondary N) is 1. The van der Waals surface area contributed by atoms with Gasteiger partial charge in [0.2, 0.25) is 0 Å². The maximum atomic E-state index is 5.97. The first-order chi connectivity index (χ1) is 13.8. The van der Waals surface area contributed by atoms with Gasteiger partial charge in [0.25, 0.3) is 0 Å². The standard InChI is InChI=1S/C21H37N3O4/c1-3-26-16-5-11-22-21(23-12-8-19-7-4-17-27-19)24-13-9-20(10-14-24)28-18-6-15-25-2/h4,7,17,20H,3,5-6,8-16,18H2,1-2H3,(H,22,23). The third-order valence-corrected chi connectivity index (χ3v) is 4.73. The second kappa shape index (κ2) is 14.4. The third-order valence-electron chi connectivity index (χ3n) is 4.73. The summed E-state index contributed by atoms with van der Waals surface area (Å²) in [6.45, 7) is 8.59. The predicted octanol–water partition coefficient (Wildman–Crippen LogP) is 2.71. The fourth-order valence-corrected chi connectivity index (χ4v) is 3.20. The van der Waals surface area contributed by atoms with E-state index in [0.29, 0.717) is 6.10 Å². The minimum atomic E-state index is 0.343. The SMILES string of the molecule is CCOCCCN=C(NCCc1ccco1)N1CCC(OCCCOC)CC1. The number of ether oxygens (including phenoxy) is 3. The number of hydrogen-bond acceptors (Lipinski definition) is 5. The van der Waals surface area contributed by atoms with Gasteiger partial charge in [0.05, 0.1) is 12.4 Å². The lowest BCUT2D eigenvalue weighted by atomic mass is 10.1. The smallest absolute Gasteiger partial charge is 0.193 e. The van der Waals surface area contributed by atoms with Crippen LogP contribution in [0.4, 0.5) is 0 Å². The van der Waals surface area contributed by atoms with Crippen molar-refractivity contribution in [3.63, 3.8) is 0 Å². The molecule has 1 aliphatic heterocycles. The van der Waals surface area contributed by atoms with Crippen LogP contribution in [0.25, 0.3) is 0 Å². The van der Waals surface area contributed by atoms with Gasteiger partial charge in [-0.15, -0.1) is 0 Å². The van der Waals surface area contributed by atoms with Gasteiger partial charge in [0.1, 0.15) is 5.76 Å². The Labute approximate surface area is 169 Å². The minimum absolute atomic E-state index is 0.343. The monoisotopic (exact) mass is 395 g/mol. The first-order valence-electron chi connectivity index (χ1n) is 10.6. The molecule has 0 atom stereocenters. The molecule has 1 aromatic rings. The van der Waals surface area contributed by atoms with Crippen LogP contribution < -0.4 is 5.32 Å². The molecule has 1 aromatic heterocycles. The van der Waals surface area contributed by atoms with Crippen LogP contribution in [0.1, 0.15) is 38.4 Å². The van der Waals surface area contributed by atoms with E-state index in [1.54, 1.807) is 13.4 Å². The van der Waals surface area contributed by atoms with E-state index in [9.17, 15) is 0 Å². The molecule has 0 unspecified atom stereocenters. The minimum Gasteiger partial charge on any atom is -0.469 e. The van der Waals surface area contributed by atoms with Gasteiger partial charge < -0.3 is 28.8 Å². The number of piperidine rings is 1. The first-order valence-corrected chi connectivity index (χ1v) is 10.6. The lowest BCUT2D eigenvalue weighted by Crippen LogP contribution is -2.47. The highest BCUT2D eigenvalue weighted by molar-refractivity contribution is 5.80. The lowest BCUT2D eigenvalue weighted by Gasteiger charge is -2.34. The van der Waals surface area contributed by atoms with E-state index in [4.69, 9.17) is 23.6 Å². The Morgan fingerprint density at radius 1 is 1.25 bits per heavy atom. The second-order valence-corrected chi connectivity index (χ2v) is 6.92. The molecule has 28 heavy (non-hydrogen) atoms. The number of furan rings is 1. The van der Waals surface area contributed by atoms with Crippen molar-refractivity contribution in [3.05, 3.63) is 24.2 Å². The van der Waals surface area contributed by atoms with Gasteiger partial charge >= 0.3 is 0 Å². The fraction of sp³-hybridized carbons (Fsp3) is 0.762. The molecule has 0 aliphatic carbocycles. The molecule has 0 spiro atoms. The molecule has 0 radical (unpaired) electrons. The van der Waals surface area contributed by atoms with Crippen molar-refractivity contribution in [2.75, 3.05) is 59.7 Å². The topological polar surface area (TPSA) is 68.5 Å². The summed E-state index contributed by atoms with van der Waals surface area (Å²) in [5, 5.41) is 3.51. The molecule has 1 saturated heterocycles. The van der Waals surface area contributed by atoms with Gasteiger partial charge in [-0.05, 0) is 44.7 Å². The van der Waals surface area contributed by atoms with Gasteiger partial charge in [-0.25, -0.2) is 0 Å². The second-order valence-electron chi connectivity index (χ2n) is 6.92. The van der Waals surface area contributed by atoms with E-state index in [0.717, 1.165) is 96.4 Å². The highest BCUT2D eigenvalue weighted by Crippen LogP contribution is 2.14. The number of hydrogen-bond donors (Lipinski definition) is 1. The zero-order chi connectivity index (χ0) is 19.9. The third kappa shape index (κ3) is 9.08. The molecular weight excluding hydrogens is 358 g/mol. The highest BCUT2D eigenvalue weighted by Gasteiger charge is 2.22. The van der Waals surface area contributed by atoms with Gasteiger partial charge in [0, 0.05) is 66.1 Å². The Balaban J connectivity index is 1.76. The zero-order valence-corrected chi connectivity index (χ0v) is 17.5. The molecular formula is C21H37N3O4. The summed E-state index contributed by atoms with van der Waals surface area (Å²) in [6, 6.07) is 3.93.